The molecule has 3 fully saturated rings. The van der Waals surface area contributed by atoms with Crippen LogP contribution in [-0.4, -0.2) is 77.4 Å². The molecular weight excluding hydrogens is 540 g/mol. The molecule has 200 valence electrons. The van der Waals surface area contributed by atoms with E-state index in [0.29, 0.717) is 23.2 Å². The lowest BCUT2D eigenvalue weighted by Crippen LogP contribution is -2.48. The summed E-state index contributed by atoms with van der Waals surface area (Å²) >= 11 is 8.56. The van der Waals surface area contributed by atoms with Gasteiger partial charge in [0.1, 0.15) is 11.6 Å². The molecule has 3 aliphatic heterocycles. The van der Waals surface area contributed by atoms with Crippen LogP contribution < -0.4 is 19.4 Å². The molecule has 3 aromatic rings. The molecule has 3 saturated heterocycles. The summed E-state index contributed by atoms with van der Waals surface area (Å²) in [4.78, 5) is 36.3. The molecule has 0 atom stereocenters. The van der Waals surface area contributed by atoms with Crippen molar-refractivity contribution in [1.29, 1.82) is 0 Å². The maximum absolute atomic E-state index is 12.9. The van der Waals surface area contributed by atoms with E-state index in [1.165, 1.54) is 37.0 Å². The van der Waals surface area contributed by atoms with Crippen LogP contribution in [0.15, 0.2) is 35.7 Å². The van der Waals surface area contributed by atoms with E-state index in [4.69, 9.17) is 21.6 Å². The van der Waals surface area contributed by atoms with Gasteiger partial charge in [-0.3, -0.25) is 9.52 Å². The fourth-order valence-electron chi connectivity index (χ4n) is 5.08. The molecule has 9 nitrogen and oxygen atoms in total. The van der Waals surface area contributed by atoms with Gasteiger partial charge < -0.3 is 19.6 Å². The Morgan fingerprint density at radius 1 is 0.816 bits per heavy atom. The maximum Gasteiger partial charge on any atom is 0.302 e. The minimum Gasteiger partial charge on any atom is -0.356 e. The van der Waals surface area contributed by atoms with E-state index in [1.807, 2.05) is 34.5 Å². The number of nitrogens with one attached hydrogen (secondary N) is 1. The highest BCUT2D eigenvalue weighted by molar-refractivity contribution is 8.14. The zero-order valence-corrected chi connectivity index (χ0v) is 23.6. The molecule has 0 bridgehead atoms. The first-order valence-corrected chi connectivity index (χ1v) is 15.3. The van der Waals surface area contributed by atoms with Crippen molar-refractivity contribution in [3.8, 4) is 11.3 Å². The van der Waals surface area contributed by atoms with Crippen molar-refractivity contribution in [3.05, 3.63) is 40.7 Å². The van der Waals surface area contributed by atoms with Crippen molar-refractivity contribution in [1.82, 2.24) is 19.9 Å². The highest BCUT2D eigenvalue weighted by Crippen LogP contribution is 2.30. The molecule has 0 aliphatic carbocycles. The van der Waals surface area contributed by atoms with Gasteiger partial charge in [-0.05, 0) is 37.8 Å². The van der Waals surface area contributed by atoms with Gasteiger partial charge in [0.15, 0.2) is 5.13 Å². The minimum absolute atomic E-state index is 0.00564. The van der Waals surface area contributed by atoms with Gasteiger partial charge in [0, 0.05) is 86.3 Å². The van der Waals surface area contributed by atoms with Crippen molar-refractivity contribution < 1.29 is 4.79 Å². The smallest absolute Gasteiger partial charge is 0.302 e. The Balaban J connectivity index is 1.06. The SMILES string of the molecule is O=C(SNc1nc(-c2ccc(Cl)cc2)cs1)N1CCN(c2cc(N3CCCC3)nc(N3CCCC3)n2)CC1. The molecule has 0 saturated carbocycles. The van der Waals surface area contributed by atoms with Gasteiger partial charge >= 0.3 is 5.24 Å². The highest BCUT2D eigenvalue weighted by atomic mass is 35.5. The number of hydrogen-bond donors (Lipinski definition) is 1. The molecule has 2 aromatic heterocycles. The Bertz CT molecular complexity index is 1220. The van der Waals surface area contributed by atoms with Crippen molar-refractivity contribution in [2.45, 2.75) is 25.7 Å². The minimum atomic E-state index is 0.00564. The second kappa shape index (κ2) is 11.5. The van der Waals surface area contributed by atoms with Crippen LogP contribution in [0.5, 0.6) is 0 Å². The number of carbonyl (C=O) groups excluding carboxylic acids is 1. The Morgan fingerprint density at radius 3 is 2.08 bits per heavy atom. The van der Waals surface area contributed by atoms with Crippen LogP contribution in [-0.2, 0) is 0 Å². The van der Waals surface area contributed by atoms with Gasteiger partial charge in [0.25, 0.3) is 0 Å². The Morgan fingerprint density at radius 2 is 1.42 bits per heavy atom. The van der Waals surface area contributed by atoms with Gasteiger partial charge in [-0.1, -0.05) is 23.7 Å². The van der Waals surface area contributed by atoms with E-state index in [0.717, 1.165) is 80.1 Å². The summed E-state index contributed by atoms with van der Waals surface area (Å²) in [6, 6.07) is 9.73. The largest absolute Gasteiger partial charge is 0.356 e. The second-order valence-corrected chi connectivity index (χ2v) is 11.8. The summed E-state index contributed by atoms with van der Waals surface area (Å²) < 4.78 is 3.13. The number of anilines is 4. The van der Waals surface area contributed by atoms with Gasteiger partial charge in [0.2, 0.25) is 5.95 Å². The number of carbonyl (C=O) groups is 1. The first kappa shape index (κ1) is 25.5. The Labute approximate surface area is 236 Å². The normalized spacial score (nSPS) is 17.9. The predicted molar refractivity (Wildman–Crippen MR) is 158 cm³/mol. The monoisotopic (exact) mass is 570 g/mol. The van der Waals surface area contributed by atoms with Crippen molar-refractivity contribution in [2.75, 3.05) is 71.8 Å². The lowest BCUT2D eigenvalue weighted by molar-refractivity contribution is 0.219. The number of amides is 1. The fourth-order valence-corrected chi connectivity index (χ4v) is 6.62. The third kappa shape index (κ3) is 5.79. The average Bonchev–Trinajstić information content (AvgIpc) is 3.75. The number of hydrogen-bond acceptors (Lipinski definition) is 10. The zero-order chi connectivity index (χ0) is 25.9. The van der Waals surface area contributed by atoms with Crippen molar-refractivity contribution >= 4 is 62.8 Å². The third-order valence-corrected chi connectivity index (χ3v) is 9.11. The number of aromatic nitrogens is 3. The summed E-state index contributed by atoms with van der Waals surface area (Å²) in [5.41, 5.74) is 1.86. The molecule has 0 spiro atoms. The Kier molecular flexibility index (Phi) is 7.75. The second-order valence-electron chi connectivity index (χ2n) is 9.76. The molecule has 38 heavy (non-hydrogen) atoms. The summed E-state index contributed by atoms with van der Waals surface area (Å²) in [5.74, 6) is 2.86. The predicted octanol–water partition coefficient (Wildman–Crippen LogP) is 5.46. The van der Waals surface area contributed by atoms with E-state index in [9.17, 15) is 4.79 Å². The van der Waals surface area contributed by atoms with E-state index in [-0.39, 0.29) is 5.24 Å². The van der Waals surface area contributed by atoms with Gasteiger partial charge in [-0.25, -0.2) is 4.98 Å². The van der Waals surface area contributed by atoms with Crippen LogP contribution in [0.25, 0.3) is 11.3 Å². The lowest BCUT2D eigenvalue weighted by atomic mass is 10.2. The molecule has 12 heteroatoms. The topological polar surface area (TPSA) is 80.7 Å². The van der Waals surface area contributed by atoms with Crippen molar-refractivity contribution in [2.24, 2.45) is 0 Å². The molecule has 1 aromatic carbocycles. The first-order valence-electron chi connectivity index (χ1n) is 13.2. The number of piperazine rings is 1. The first-order chi connectivity index (χ1) is 18.6. The van der Waals surface area contributed by atoms with Gasteiger partial charge in [-0.2, -0.15) is 9.97 Å². The van der Waals surface area contributed by atoms with Crippen LogP contribution in [0.1, 0.15) is 25.7 Å². The van der Waals surface area contributed by atoms with Crippen LogP contribution in [0.2, 0.25) is 5.02 Å². The summed E-state index contributed by atoms with van der Waals surface area (Å²) in [6.45, 7) is 6.98. The summed E-state index contributed by atoms with van der Waals surface area (Å²) in [6.07, 6.45) is 4.83. The standard InChI is InChI=1S/C26H31ClN8OS2/c27-20-7-5-19(6-8-20)21-18-37-25(28-21)31-38-26(36)35-15-13-33(14-16-35)23-17-22(32-9-1-2-10-32)29-24(30-23)34-11-3-4-12-34/h5-8,17-18H,1-4,9-16H2,(H,28,31). The van der Waals surface area contributed by atoms with Crippen LogP contribution in [0, 0.1) is 0 Å². The highest BCUT2D eigenvalue weighted by Gasteiger charge is 2.26. The van der Waals surface area contributed by atoms with E-state index in [2.05, 4.69) is 30.5 Å². The van der Waals surface area contributed by atoms with Crippen LogP contribution in [0.3, 0.4) is 0 Å². The number of rotatable bonds is 6. The fraction of sp³-hybridized carbons (Fsp3) is 0.462. The summed E-state index contributed by atoms with van der Waals surface area (Å²) in [7, 11) is 0. The molecule has 0 unspecified atom stereocenters. The zero-order valence-electron chi connectivity index (χ0n) is 21.2. The van der Waals surface area contributed by atoms with Crippen molar-refractivity contribution in [3.63, 3.8) is 0 Å². The van der Waals surface area contributed by atoms with Gasteiger partial charge in [0.05, 0.1) is 5.69 Å². The van der Waals surface area contributed by atoms with E-state index in [1.54, 1.807) is 0 Å². The Hall–Kier alpha value is -2.76. The molecule has 0 radical (unpaired) electrons. The molecule has 6 rings (SSSR count). The quantitative estimate of drug-likeness (QED) is 0.389. The molecule has 1 amide bonds. The van der Waals surface area contributed by atoms with E-state index >= 15 is 0 Å². The average molecular weight is 571 g/mol. The third-order valence-electron chi connectivity index (χ3n) is 7.24. The van der Waals surface area contributed by atoms with Crippen LogP contribution >= 0.6 is 34.9 Å². The molecule has 1 N–H and O–H groups in total. The number of nitrogens with zero attached hydrogens (tertiary/aromatic N) is 7. The number of halogens is 1. The van der Waals surface area contributed by atoms with Gasteiger partial charge in [-0.15, -0.1) is 11.3 Å². The summed E-state index contributed by atoms with van der Waals surface area (Å²) in [5, 5.41) is 3.38. The maximum atomic E-state index is 12.9. The number of benzene rings is 1. The molecule has 3 aliphatic rings. The van der Waals surface area contributed by atoms with Crippen LogP contribution in [0.4, 0.5) is 27.5 Å². The van der Waals surface area contributed by atoms with E-state index < -0.39 is 0 Å². The molecule has 5 heterocycles. The number of thiazole rings is 1. The lowest BCUT2D eigenvalue weighted by Gasteiger charge is -2.35. The molecular formula is C26H31ClN8OS2.